The van der Waals surface area contributed by atoms with Gasteiger partial charge in [-0.2, -0.15) is 0 Å². The molecule has 1 saturated heterocycles. The molecule has 5 nitrogen and oxygen atoms in total. The summed E-state index contributed by atoms with van der Waals surface area (Å²) in [6.45, 7) is 1.64. The summed E-state index contributed by atoms with van der Waals surface area (Å²) < 4.78 is 1.95. The second kappa shape index (κ2) is 7.24. The number of likely N-dealkylation sites (tertiary alicyclic amines) is 1. The molecule has 1 aromatic carbocycles. The van der Waals surface area contributed by atoms with Gasteiger partial charge in [-0.1, -0.05) is 12.1 Å². The van der Waals surface area contributed by atoms with Crippen LogP contribution in [-0.2, 0) is 4.79 Å². The van der Waals surface area contributed by atoms with Gasteiger partial charge in [-0.3, -0.25) is 4.79 Å². The lowest BCUT2D eigenvalue weighted by atomic mass is 10.1. The lowest BCUT2D eigenvalue weighted by Gasteiger charge is -2.31. The maximum absolute atomic E-state index is 12.3. The second-order valence-electron chi connectivity index (χ2n) is 5.81. The highest BCUT2D eigenvalue weighted by Gasteiger charge is 2.20. The number of rotatable bonds is 4. The van der Waals surface area contributed by atoms with E-state index in [1.165, 1.54) is 0 Å². The van der Waals surface area contributed by atoms with Crippen LogP contribution in [0.25, 0.3) is 11.8 Å². The SMILES string of the molecule is CNC1CCCN(C(=O)C=Cc2ccc(-n3ccnc3)cc2)C1. The third-order valence-electron chi connectivity index (χ3n) is 4.26. The van der Waals surface area contributed by atoms with E-state index in [4.69, 9.17) is 0 Å². The number of nitrogens with zero attached hydrogens (tertiary/aromatic N) is 3. The molecular weight excluding hydrogens is 288 g/mol. The third kappa shape index (κ3) is 3.87. The molecule has 1 aliphatic rings. The first-order valence-corrected chi connectivity index (χ1v) is 7.99. The number of hydrogen-bond donors (Lipinski definition) is 1. The maximum atomic E-state index is 12.3. The average Bonchev–Trinajstić information content (AvgIpc) is 3.15. The fraction of sp³-hybridized carbons (Fsp3) is 0.333. The van der Waals surface area contributed by atoms with E-state index in [-0.39, 0.29) is 5.91 Å². The molecule has 1 amide bonds. The Kier molecular flexibility index (Phi) is 4.88. The van der Waals surface area contributed by atoms with Crippen LogP contribution in [0.4, 0.5) is 0 Å². The summed E-state index contributed by atoms with van der Waals surface area (Å²) in [5.41, 5.74) is 2.07. The van der Waals surface area contributed by atoms with Crippen molar-refractivity contribution in [1.29, 1.82) is 0 Å². The molecule has 0 radical (unpaired) electrons. The highest BCUT2D eigenvalue weighted by molar-refractivity contribution is 5.91. The molecule has 1 N–H and O–H groups in total. The molecule has 23 heavy (non-hydrogen) atoms. The van der Waals surface area contributed by atoms with Crippen LogP contribution < -0.4 is 5.32 Å². The molecule has 0 spiro atoms. The fourth-order valence-electron chi connectivity index (χ4n) is 2.86. The molecular formula is C18H22N4O. The van der Waals surface area contributed by atoms with Gasteiger partial charge in [0, 0.05) is 43.3 Å². The molecule has 2 aromatic rings. The Morgan fingerprint density at radius 2 is 2.17 bits per heavy atom. The predicted octanol–water partition coefficient (Wildman–Crippen LogP) is 2.10. The van der Waals surface area contributed by atoms with Gasteiger partial charge in [0.1, 0.15) is 0 Å². The van der Waals surface area contributed by atoms with Crippen molar-refractivity contribution in [3.8, 4) is 5.69 Å². The van der Waals surface area contributed by atoms with Crippen LogP contribution in [0.3, 0.4) is 0 Å². The Morgan fingerprint density at radius 3 is 2.87 bits per heavy atom. The largest absolute Gasteiger partial charge is 0.338 e. The van der Waals surface area contributed by atoms with Gasteiger partial charge in [0.15, 0.2) is 0 Å². The molecule has 2 heterocycles. The van der Waals surface area contributed by atoms with E-state index in [0.29, 0.717) is 6.04 Å². The summed E-state index contributed by atoms with van der Waals surface area (Å²) in [7, 11) is 1.95. The van der Waals surface area contributed by atoms with Crippen molar-refractivity contribution in [2.45, 2.75) is 18.9 Å². The smallest absolute Gasteiger partial charge is 0.246 e. The number of carbonyl (C=O) groups is 1. The van der Waals surface area contributed by atoms with Crippen LogP contribution in [0, 0.1) is 0 Å². The molecule has 0 saturated carbocycles. The minimum atomic E-state index is 0.0867. The van der Waals surface area contributed by atoms with Crippen molar-refractivity contribution in [2.75, 3.05) is 20.1 Å². The van der Waals surface area contributed by atoms with Gasteiger partial charge in [-0.05, 0) is 43.7 Å². The molecule has 1 aromatic heterocycles. The zero-order chi connectivity index (χ0) is 16.1. The fourth-order valence-corrected chi connectivity index (χ4v) is 2.86. The van der Waals surface area contributed by atoms with Gasteiger partial charge >= 0.3 is 0 Å². The summed E-state index contributed by atoms with van der Waals surface area (Å²) in [6, 6.07) is 8.46. The highest BCUT2D eigenvalue weighted by Crippen LogP contribution is 2.13. The number of nitrogens with one attached hydrogen (secondary N) is 1. The van der Waals surface area contributed by atoms with Crippen molar-refractivity contribution in [3.05, 3.63) is 54.6 Å². The van der Waals surface area contributed by atoms with Crippen LogP contribution in [0.15, 0.2) is 49.1 Å². The highest BCUT2D eigenvalue weighted by atomic mass is 16.2. The lowest BCUT2D eigenvalue weighted by Crippen LogP contribution is -2.46. The molecule has 0 aliphatic carbocycles. The Labute approximate surface area is 136 Å². The number of benzene rings is 1. The van der Waals surface area contributed by atoms with Gasteiger partial charge in [0.05, 0.1) is 6.33 Å². The minimum Gasteiger partial charge on any atom is -0.338 e. The molecule has 3 rings (SSSR count). The number of amides is 1. The molecule has 1 aliphatic heterocycles. The van der Waals surface area contributed by atoms with Crippen LogP contribution >= 0.6 is 0 Å². The number of piperidine rings is 1. The molecule has 5 heteroatoms. The molecule has 1 atom stereocenters. The van der Waals surface area contributed by atoms with E-state index in [1.54, 1.807) is 18.6 Å². The van der Waals surface area contributed by atoms with Crippen LogP contribution in [0.5, 0.6) is 0 Å². The van der Waals surface area contributed by atoms with E-state index < -0.39 is 0 Å². The Morgan fingerprint density at radius 1 is 1.35 bits per heavy atom. The van der Waals surface area contributed by atoms with Crippen LogP contribution in [0.2, 0.25) is 0 Å². The summed E-state index contributed by atoms with van der Waals surface area (Å²) in [5.74, 6) is 0.0867. The van der Waals surface area contributed by atoms with Crippen LogP contribution in [-0.4, -0.2) is 46.5 Å². The molecule has 120 valence electrons. The Hall–Kier alpha value is -2.40. The van der Waals surface area contributed by atoms with Crippen LogP contribution in [0.1, 0.15) is 18.4 Å². The lowest BCUT2D eigenvalue weighted by molar-refractivity contribution is -0.127. The van der Waals surface area contributed by atoms with Gasteiger partial charge < -0.3 is 14.8 Å². The number of imidazole rings is 1. The topological polar surface area (TPSA) is 50.2 Å². The predicted molar refractivity (Wildman–Crippen MR) is 91.3 cm³/mol. The second-order valence-corrected chi connectivity index (χ2v) is 5.81. The van der Waals surface area contributed by atoms with Crippen molar-refractivity contribution in [3.63, 3.8) is 0 Å². The van der Waals surface area contributed by atoms with Gasteiger partial charge in [0.2, 0.25) is 5.91 Å². The van der Waals surface area contributed by atoms with E-state index >= 15 is 0 Å². The zero-order valence-corrected chi connectivity index (χ0v) is 13.4. The Balaban J connectivity index is 1.62. The number of carbonyl (C=O) groups excluding carboxylic acids is 1. The minimum absolute atomic E-state index is 0.0867. The summed E-state index contributed by atoms with van der Waals surface area (Å²) in [6.07, 6.45) is 11.2. The van der Waals surface area contributed by atoms with Crippen molar-refractivity contribution in [2.24, 2.45) is 0 Å². The zero-order valence-electron chi connectivity index (χ0n) is 13.4. The average molecular weight is 310 g/mol. The monoisotopic (exact) mass is 310 g/mol. The van der Waals surface area contributed by atoms with Crippen molar-refractivity contribution in [1.82, 2.24) is 19.8 Å². The van der Waals surface area contributed by atoms with Gasteiger partial charge in [-0.15, -0.1) is 0 Å². The van der Waals surface area contributed by atoms with E-state index in [2.05, 4.69) is 10.3 Å². The maximum Gasteiger partial charge on any atom is 0.246 e. The first-order valence-electron chi connectivity index (χ1n) is 7.99. The Bertz CT molecular complexity index is 661. The van der Waals surface area contributed by atoms with E-state index in [1.807, 2.05) is 53.1 Å². The normalized spacial score (nSPS) is 18.5. The van der Waals surface area contributed by atoms with Crippen molar-refractivity contribution >= 4 is 12.0 Å². The summed E-state index contributed by atoms with van der Waals surface area (Å²) in [5, 5.41) is 3.26. The van der Waals surface area contributed by atoms with E-state index in [9.17, 15) is 4.79 Å². The third-order valence-corrected chi connectivity index (χ3v) is 4.26. The number of likely N-dealkylation sites (N-methyl/N-ethyl adjacent to an activating group) is 1. The molecule has 0 bridgehead atoms. The number of hydrogen-bond acceptors (Lipinski definition) is 3. The first kappa shape index (κ1) is 15.5. The molecule has 1 fully saturated rings. The summed E-state index contributed by atoms with van der Waals surface area (Å²) >= 11 is 0. The van der Waals surface area contributed by atoms with Crippen molar-refractivity contribution < 1.29 is 4.79 Å². The molecule has 1 unspecified atom stereocenters. The number of aromatic nitrogens is 2. The standard InChI is InChI=1S/C18H22N4O/c1-19-16-3-2-11-21(13-16)18(23)9-6-15-4-7-17(8-5-15)22-12-10-20-14-22/h4-10,12,14,16,19H,2-3,11,13H2,1H3. The van der Waals surface area contributed by atoms with E-state index in [0.717, 1.165) is 37.2 Å². The van der Waals surface area contributed by atoms with Gasteiger partial charge in [0.25, 0.3) is 0 Å². The van der Waals surface area contributed by atoms with Gasteiger partial charge in [-0.25, -0.2) is 4.98 Å². The first-order chi connectivity index (χ1) is 11.3. The summed E-state index contributed by atoms with van der Waals surface area (Å²) in [4.78, 5) is 18.2. The quantitative estimate of drug-likeness (QED) is 0.880.